The predicted octanol–water partition coefficient (Wildman–Crippen LogP) is 8.74. The van der Waals surface area contributed by atoms with Crippen LogP contribution in [0.25, 0.3) is 16.9 Å². The number of Topliss-reactive ketones (excluding diaryl/α,β-unsaturated/α-hetero) is 2. The zero-order valence-corrected chi connectivity index (χ0v) is 41.9. The number of ether oxygens (including phenoxy) is 4. The molecule has 71 heavy (non-hydrogen) atoms. The van der Waals surface area contributed by atoms with E-state index in [1.54, 1.807) is 58.4 Å². The summed E-state index contributed by atoms with van der Waals surface area (Å²) in [5.41, 5.74) is 4.73. The lowest BCUT2D eigenvalue weighted by atomic mass is 9.71. The molecule has 1 aliphatic rings. The third kappa shape index (κ3) is 14.9. The lowest BCUT2D eigenvalue weighted by molar-refractivity contribution is -0.137. The summed E-state index contributed by atoms with van der Waals surface area (Å²) >= 11 is 0. The van der Waals surface area contributed by atoms with Crippen molar-refractivity contribution in [3.63, 3.8) is 0 Å². The van der Waals surface area contributed by atoms with Crippen LogP contribution in [0, 0.1) is 5.41 Å². The highest BCUT2D eigenvalue weighted by Gasteiger charge is 2.39. The molecule has 16 heteroatoms. The van der Waals surface area contributed by atoms with E-state index in [-0.39, 0.29) is 75.5 Å². The number of imidazole rings is 1. The minimum Gasteiger partial charge on any atom is -0.481 e. The second kappa shape index (κ2) is 25.9. The summed E-state index contributed by atoms with van der Waals surface area (Å²) in [4.78, 5) is 78.9. The van der Waals surface area contributed by atoms with E-state index in [2.05, 4.69) is 0 Å². The molecule has 0 spiro atoms. The lowest BCUT2D eigenvalue weighted by Crippen LogP contribution is -2.43. The number of likely N-dealkylation sites (N-methyl/N-ethyl adjacent to an activating group) is 1. The molecule has 0 saturated heterocycles. The molecule has 3 heterocycles. The van der Waals surface area contributed by atoms with Crippen molar-refractivity contribution >= 4 is 35.2 Å². The van der Waals surface area contributed by atoms with E-state index in [0.29, 0.717) is 90.1 Å². The number of fused-ring (bicyclic) bond motifs is 1. The first kappa shape index (κ1) is 53.6. The van der Waals surface area contributed by atoms with E-state index in [0.717, 1.165) is 30.4 Å². The van der Waals surface area contributed by atoms with Gasteiger partial charge in [0.2, 0.25) is 11.8 Å². The number of carboxylic acids is 1. The SMILES string of the molecule is CC1=C(C)C(=O)C(C(C)(C)CC(=O)N(C)CCN(CCOCCOCCOCCCCCCC(=O)O)C(=O)Oc2c(Cc3ccco3)nc3c(Cc4ccccc4)nc(-c4ccccc4)cn23)=C(C)C1=O. The molecular formula is C55H67N5O11. The van der Waals surface area contributed by atoms with Crippen LogP contribution in [0.5, 0.6) is 5.88 Å². The Labute approximate surface area is 415 Å². The molecule has 1 N–H and O–H groups in total. The van der Waals surface area contributed by atoms with Gasteiger partial charge in [0, 0.05) is 92.0 Å². The van der Waals surface area contributed by atoms with Gasteiger partial charge in [0.05, 0.1) is 57.1 Å². The number of carbonyl (C=O) groups is 5. The van der Waals surface area contributed by atoms with Gasteiger partial charge in [-0.2, -0.15) is 0 Å². The molecule has 2 aromatic carbocycles. The minimum absolute atomic E-state index is 0.0459. The Morgan fingerprint density at radius 2 is 1.35 bits per heavy atom. The average molecular weight is 974 g/mol. The second-order valence-corrected chi connectivity index (χ2v) is 18.4. The van der Waals surface area contributed by atoms with Crippen LogP contribution in [0.15, 0.2) is 112 Å². The number of hydrogen-bond donors (Lipinski definition) is 1. The zero-order valence-electron chi connectivity index (χ0n) is 41.9. The predicted molar refractivity (Wildman–Crippen MR) is 267 cm³/mol. The number of ketones is 2. The maximum atomic E-state index is 14.6. The van der Waals surface area contributed by atoms with Crippen molar-refractivity contribution in [1.29, 1.82) is 0 Å². The Bertz CT molecular complexity index is 2670. The first-order chi connectivity index (χ1) is 34.1. The summed E-state index contributed by atoms with van der Waals surface area (Å²) in [6.07, 6.45) is 6.80. The molecule has 0 bridgehead atoms. The monoisotopic (exact) mass is 973 g/mol. The van der Waals surface area contributed by atoms with E-state index in [1.165, 1.54) is 9.80 Å². The molecule has 378 valence electrons. The number of carbonyl (C=O) groups excluding carboxylic acids is 4. The molecule has 0 atom stereocenters. The summed E-state index contributed by atoms with van der Waals surface area (Å²) in [6.45, 7) is 10.9. The van der Waals surface area contributed by atoms with Crippen LogP contribution in [0.3, 0.4) is 0 Å². The summed E-state index contributed by atoms with van der Waals surface area (Å²) in [5, 5.41) is 8.78. The fraction of sp³-hybridized carbons (Fsp3) is 0.436. The summed E-state index contributed by atoms with van der Waals surface area (Å²) in [6, 6.07) is 23.3. The average Bonchev–Trinajstić information content (AvgIpc) is 4.00. The van der Waals surface area contributed by atoms with Crippen LogP contribution in [-0.4, -0.2) is 125 Å². The quantitative estimate of drug-likeness (QED) is 0.0370. The second-order valence-electron chi connectivity index (χ2n) is 18.4. The summed E-state index contributed by atoms with van der Waals surface area (Å²) < 4.78 is 31.2. The van der Waals surface area contributed by atoms with E-state index in [9.17, 15) is 24.0 Å². The third-order valence-corrected chi connectivity index (χ3v) is 12.6. The normalized spacial score (nSPS) is 13.1. The van der Waals surface area contributed by atoms with Crippen molar-refractivity contribution in [2.75, 3.05) is 66.3 Å². The van der Waals surface area contributed by atoms with Gasteiger partial charge in [-0.3, -0.25) is 23.6 Å². The molecule has 0 saturated carbocycles. The molecule has 0 unspecified atom stereocenters. The Kier molecular flexibility index (Phi) is 19.6. The number of furan rings is 1. The van der Waals surface area contributed by atoms with Gasteiger partial charge in [-0.25, -0.2) is 14.8 Å². The fourth-order valence-electron chi connectivity index (χ4n) is 8.49. The number of amides is 2. The van der Waals surface area contributed by atoms with Gasteiger partial charge in [0.1, 0.15) is 11.5 Å². The molecule has 0 radical (unpaired) electrons. The van der Waals surface area contributed by atoms with Gasteiger partial charge in [0.15, 0.2) is 17.2 Å². The third-order valence-electron chi connectivity index (χ3n) is 12.6. The topological polar surface area (TPSA) is 192 Å². The number of aromatic nitrogens is 3. The molecule has 0 fully saturated rings. The minimum atomic E-state index is -0.949. The van der Waals surface area contributed by atoms with Crippen molar-refractivity contribution in [3.05, 3.63) is 130 Å². The number of unbranched alkanes of at least 4 members (excludes halogenated alkanes) is 3. The molecule has 5 aromatic rings. The number of nitrogens with zero attached hydrogens (tertiary/aromatic N) is 5. The van der Waals surface area contributed by atoms with Crippen LogP contribution in [0.4, 0.5) is 4.79 Å². The number of allylic oxidation sites excluding steroid dienone is 4. The highest BCUT2D eigenvalue weighted by molar-refractivity contribution is 6.25. The molecular weight excluding hydrogens is 907 g/mol. The van der Waals surface area contributed by atoms with Gasteiger partial charge in [-0.1, -0.05) is 87.4 Å². The van der Waals surface area contributed by atoms with Crippen LogP contribution in [-0.2, 0) is 46.2 Å². The van der Waals surface area contributed by atoms with Crippen molar-refractivity contribution < 1.29 is 52.4 Å². The number of benzene rings is 2. The Balaban J connectivity index is 1.18. The first-order valence-corrected chi connectivity index (χ1v) is 24.3. The molecule has 0 aliphatic heterocycles. The first-order valence-electron chi connectivity index (χ1n) is 24.3. The van der Waals surface area contributed by atoms with Gasteiger partial charge < -0.3 is 38.3 Å². The van der Waals surface area contributed by atoms with Gasteiger partial charge in [-0.05, 0) is 51.3 Å². The Hall–Kier alpha value is -6.75. The zero-order chi connectivity index (χ0) is 50.9. The van der Waals surface area contributed by atoms with Crippen LogP contribution >= 0.6 is 0 Å². The van der Waals surface area contributed by atoms with Gasteiger partial charge >= 0.3 is 12.1 Å². The number of aliphatic carboxylic acids is 1. The Morgan fingerprint density at radius 1 is 0.704 bits per heavy atom. The van der Waals surface area contributed by atoms with Crippen molar-refractivity contribution in [1.82, 2.24) is 24.2 Å². The van der Waals surface area contributed by atoms with E-state index < -0.39 is 17.5 Å². The molecule has 3 aromatic heterocycles. The van der Waals surface area contributed by atoms with Crippen LogP contribution in [0.2, 0.25) is 0 Å². The fourth-order valence-corrected chi connectivity index (χ4v) is 8.49. The highest BCUT2D eigenvalue weighted by atomic mass is 16.6. The smallest absolute Gasteiger partial charge is 0.416 e. The summed E-state index contributed by atoms with van der Waals surface area (Å²) in [5.74, 6) is -0.668. The number of rotatable bonds is 28. The number of hydrogen-bond acceptors (Lipinski definition) is 12. The maximum absolute atomic E-state index is 14.6. The molecule has 16 nitrogen and oxygen atoms in total. The van der Waals surface area contributed by atoms with Crippen molar-refractivity contribution in [2.45, 2.75) is 86.0 Å². The standard InChI is InChI=1S/C55H67N5O11/c1-38-39(2)51(65)49(40(3)50(38)64)55(4,5)36-47(61)58(6)24-25-59(26-29-68-31-33-69-32-30-67-27-16-8-7-15-23-48(62)63)54(66)71-53-45(35-43-22-17-28-70-43)57-52-44(34-41-18-11-9-12-19-41)56-46(37-60(52)53)42-20-13-10-14-21-42/h9-14,17-22,28,37H,7-8,15-16,23-27,29-36H2,1-6H3,(H,62,63). The van der Waals surface area contributed by atoms with Crippen molar-refractivity contribution in [2.24, 2.45) is 5.41 Å². The Morgan fingerprint density at radius 3 is 2.03 bits per heavy atom. The van der Waals surface area contributed by atoms with Crippen molar-refractivity contribution in [3.8, 4) is 17.1 Å². The lowest BCUT2D eigenvalue weighted by Gasteiger charge is -2.33. The summed E-state index contributed by atoms with van der Waals surface area (Å²) in [7, 11) is 1.64. The van der Waals surface area contributed by atoms with E-state index in [1.807, 2.05) is 72.9 Å². The van der Waals surface area contributed by atoms with Gasteiger partial charge in [0.25, 0.3) is 0 Å². The molecule has 2 amide bonds. The largest absolute Gasteiger partial charge is 0.481 e. The maximum Gasteiger partial charge on any atom is 0.416 e. The molecule has 1 aliphatic carbocycles. The van der Waals surface area contributed by atoms with Crippen LogP contribution < -0.4 is 4.74 Å². The van der Waals surface area contributed by atoms with E-state index >= 15 is 0 Å². The van der Waals surface area contributed by atoms with Gasteiger partial charge in [-0.15, -0.1) is 0 Å². The molecule has 6 rings (SSSR count). The highest BCUT2D eigenvalue weighted by Crippen LogP contribution is 2.39. The van der Waals surface area contributed by atoms with Crippen LogP contribution in [0.1, 0.15) is 95.9 Å². The van der Waals surface area contributed by atoms with E-state index in [4.69, 9.17) is 38.4 Å². The number of carboxylic acid groups (broad SMARTS) is 1.